The van der Waals surface area contributed by atoms with Crippen molar-refractivity contribution >= 4 is 68.0 Å². The molecule has 0 aromatic carbocycles. The van der Waals surface area contributed by atoms with Gasteiger partial charge in [0.05, 0.1) is 6.54 Å². The highest BCUT2D eigenvalue weighted by atomic mass is 35.5. The van der Waals surface area contributed by atoms with Gasteiger partial charge in [0, 0.05) is 0 Å². The van der Waals surface area contributed by atoms with Crippen molar-refractivity contribution in [1.82, 2.24) is 0 Å². The maximum atomic E-state index is 9.24. The van der Waals surface area contributed by atoms with Crippen molar-refractivity contribution in [3.8, 4) is 0 Å². The van der Waals surface area contributed by atoms with Crippen molar-refractivity contribution in [3.63, 3.8) is 0 Å². The minimum atomic E-state index is -0.968. The fourth-order valence-electron chi connectivity index (χ4n) is 0. The van der Waals surface area contributed by atoms with Crippen LogP contribution in [0.15, 0.2) is 0 Å². The highest BCUT2D eigenvalue weighted by Gasteiger charge is 1.81. The molecule has 0 spiro atoms. The van der Waals surface area contributed by atoms with Gasteiger partial charge in [-0.3, -0.25) is 4.79 Å². The Balaban J connectivity index is -0.00000000800. The zero-order valence-corrected chi connectivity index (χ0v) is 8.76. The Labute approximate surface area is 90.2 Å². The maximum absolute atomic E-state index is 9.24. The van der Waals surface area contributed by atoms with Crippen LogP contribution in [0.3, 0.4) is 0 Å². The van der Waals surface area contributed by atoms with Gasteiger partial charge in [0.1, 0.15) is 0 Å². The highest BCUT2D eigenvalue weighted by Crippen LogP contribution is 1.43. The molecule has 70 valence electrons. The Morgan fingerprint density at radius 3 is 1.20 bits per heavy atom. The molecule has 8 heteroatoms. The molecule has 0 aliphatic rings. The van der Waals surface area contributed by atoms with E-state index in [0.717, 1.165) is 0 Å². The summed E-state index contributed by atoms with van der Waals surface area (Å²) in [6.07, 6.45) is 0. The Kier molecular flexibility index (Phi) is 146. The first-order chi connectivity index (χ1) is 2.27. The van der Waals surface area contributed by atoms with Gasteiger partial charge < -0.3 is 10.8 Å². The van der Waals surface area contributed by atoms with E-state index in [1.54, 1.807) is 0 Å². The largest absolute Gasteiger partial charge is 0.480 e. The van der Waals surface area contributed by atoms with E-state index in [9.17, 15) is 4.79 Å². The summed E-state index contributed by atoms with van der Waals surface area (Å²) in [5, 5.41) is 7.60. The van der Waals surface area contributed by atoms with Crippen LogP contribution in [0.5, 0.6) is 0 Å². The molecule has 0 radical (unpaired) electrons. The number of halogens is 5. The molecule has 0 heterocycles. The molecule has 0 saturated heterocycles. The lowest BCUT2D eigenvalue weighted by atomic mass is 10.7. The van der Waals surface area contributed by atoms with Gasteiger partial charge in [-0.1, -0.05) is 0 Å². The summed E-state index contributed by atoms with van der Waals surface area (Å²) in [6.45, 7) is -0.278. The number of hydrogen-bond acceptors (Lipinski definition) is 2. The summed E-state index contributed by atoms with van der Waals surface area (Å²) >= 11 is 0. The van der Waals surface area contributed by atoms with Crippen LogP contribution in [0.1, 0.15) is 0 Å². The van der Waals surface area contributed by atoms with Crippen molar-refractivity contribution in [2.75, 3.05) is 6.54 Å². The number of carboxylic acid groups (broad SMARTS) is 1. The smallest absolute Gasteiger partial charge is 0.317 e. The van der Waals surface area contributed by atoms with Crippen molar-refractivity contribution in [2.24, 2.45) is 5.73 Å². The fourth-order valence-corrected chi connectivity index (χ4v) is 0. The first-order valence-corrected chi connectivity index (χ1v) is 1.19. The summed E-state index contributed by atoms with van der Waals surface area (Å²) in [5.41, 5.74) is 4.57. The lowest BCUT2D eigenvalue weighted by Gasteiger charge is -1.73. The third-order valence-electron chi connectivity index (χ3n) is 0.175. The van der Waals surface area contributed by atoms with E-state index in [0.29, 0.717) is 0 Å². The van der Waals surface area contributed by atoms with Crippen molar-refractivity contribution in [2.45, 2.75) is 0 Å². The van der Waals surface area contributed by atoms with E-state index < -0.39 is 5.97 Å². The van der Waals surface area contributed by atoms with Crippen LogP contribution in [0.25, 0.3) is 0 Å². The second-order valence-corrected chi connectivity index (χ2v) is 0.598. The Hall–Kier alpha value is 0.880. The molecule has 0 saturated carbocycles. The number of aliphatic carboxylic acids is 1. The number of carbonyl (C=O) groups is 1. The molecule has 0 aromatic heterocycles. The summed E-state index contributed by atoms with van der Waals surface area (Å²) < 4.78 is 0. The minimum absolute atomic E-state index is 0. The summed E-state index contributed by atoms with van der Waals surface area (Å²) in [4.78, 5) is 9.24. The van der Waals surface area contributed by atoms with Gasteiger partial charge in [0.25, 0.3) is 0 Å². The van der Waals surface area contributed by atoms with Crippen LogP contribution < -0.4 is 5.73 Å². The van der Waals surface area contributed by atoms with E-state index in [4.69, 9.17) is 5.11 Å². The van der Waals surface area contributed by atoms with Gasteiger partial charge in [-0.25, -0.2) is 0 Å². The lowest BCUT2D eigenvalue weighted by molar-refractivity contribution is -0.135. The molecule has 3 nitrogen and oxygen atoms in total. The van der Waals surface area contributed by atoms with E-state index in [1.165, 1.54) is 0 Å². The normalized spacial score (nSPS) is 3.70. The quantitative estimate of drug-likeness (QED) is 0.740. The average molecular weight is 257 g/mol. The van der Waals surface area contributed by atoms with Crippen LogP contribution in [-0.2, 0) is 4.79 Å². The molecule has 0 amide bonds. The first-order valence-electron chi connectivity index (χ1n) is 1.19. The van der Waals surface area contributed by atoms with Crippen LogP contribution in [0.4, 0.5) is 0 Å². The van der Waals surface area contributed by atoms with Gasteiger partial charge in [-0.2, -0.15) is 0 Å². The van der Waals surface area contributed by atoms with Gasteiger partial charge in [-0.15, -0.1) is 62.0 Å². The lowest BCUT2D eigenvalue weighted by Crippen LogP contribution is -2.10. The van der Waals surface area contributed by atoms with Crippen LogP contribution >= 0.6 is 62.0 Å². The molecule has 0 unspecified atom stereocenters. The summed E-state index contributed by atoms with van der Waals surface area (Å²) in [6, 6.07) is 0. The van der Waals surface area contributed by atoms with Gasteiger partial charge in [0.15, 0.2) is 0 Å². The average Bonchev–Trinajstić information content (AvgIpc) is 1.38. The molecule has 0 fully saturated rings. The molecule has 0 rings (SSSR count). The van der Waals surface area contributed by atoms with E-state index in [2.05, 4.69) is 5.73 Å². The monoisotopic (exact) mass is 255 g/mol. The number of hydrogen-bond donors (Lipinski definition) is 2. The summed E-state index contributed by atoms with van der Waals surface area (Å²) in [7, 11) is 0. The molecule has 3 N–H and O–H groups in total. The predicted octanol–water partition coefficient (Wildman–Crippen LogP) is 1.14. The van der Waals surface area contributed by atoms with Gasteiger partial charge >= 0.3 is 5.97 Å². The third-order valence-corrected chi connectivity index (χ3v) is 0.175. The number of nitrogens with two attached hydrogens (primary N) is 1. The SMILES string of the molecule is Cl.Cl.Cl.Cl.Cl.NCC(=O)O. The number of carboxylic acids is 1. The maximum Gasteiger partial charge on any atom is 0.317 e. The Morgan fingerprint density at radius 2 is 1.20 bits per heavy atom. The molecule has 0 aromatic rings. The Bertz CT molecular complexity index is 52.9. The van der Waals surface area contributed by atoms with Crippen LogP contribution in [0.2, 0.25) is 0 Å². The molecule has 0 aliphatic carbocycles. The fraction of sp³-hybridized carbons (Fsp3) is 0.500. The highest BCUT2D eigenvalue weighted by molar-refractivity contribution is 5.86. The zero-order valence-electron chi connectivity index (χ0n) is 4.68. The second kappa shape index (κ2) is 32.7. The van der Waals surface area contributed by atoms with E-state index >= 15 is 0 Å². The molecular formula is C2H10Cl5NO2. The molecule has 10 heavy (non-hydrogen) atoms. The van der Waals surface area contributed by atoms with E-state index in [1.807, 2.05) is 0 Å². The Morgan fingerprint density at radius 1 is 1.10 bits per heavy atom. The van der Waals surface area contributed by atoms with Crippen LogP contribution in [0, 0.1) is 0 Å². The van der Waals surface area contributed by atoms with Crippen LogP contribution in [-0.4, -0.2) is 17.6 Å². The topological polar surface area (TPSA) is 63.3 Å². The van der Waals surface area contributed by atoms with Gasteiger partial charge in [0.2, 0.25) is 0 Å². The van der Waals surface area contributed by atoms with Gasteiger partial charge in [-0.05, 0) is 0 Å². The molecule has 0 aliphatic heterocycles. The third kappa shape index (κ3) is 66.5. The summed E-state index contributed by atoms with van der Waals surface area (Å²) in [5.74, 6) is -0.968. The second-order valence-electron chi connectivity index (χ2n) is 0.598. The molecule has 0 atom stereocenters. The number of rotatable bonds is 1. The molecular weight excluding hydrogens is 247 g/mol. The zero-order chi connectivity index (χ0) is 4.28. The first kappa shape index (κ1) is 44.6. The van der Waals surface area contributed by atoms with Crippen molar-refractivity contribution in [1.29, 1.82) is 0 Å². The minimum Gasteiger partial charge on any atom is -0.480 e. The van der Waals surface area contributed by atoms with E-state index in [-0.39, 0.29) is 68.6 Å². The molecule has 0 bridgehead atoms. The standard InChI is InChI=1S/C2H5NO2.5ClH/c3-1-2(4)5;;;;;/h1,3H2,(H,4,5);5*1H. The van der Waals surface area contributed by atoms with Crippen molar-refractivity contribution < 1.29 is 9.90 Å². The predicted molar refractivity (Wildman–Crippen MR) is 52.9 cm³/mol. The van der Waals surface area contributed by atoms with Crippen molar-refractivity contribution in [3.05, 3.63) is 0 Å².